The van der Waals surface area contributed by atoms with Crippen LogP contribution in [0, 0.1) is 0 Å². The predicted molar refractivity (Wildman–Crippen MR) is 95.8 cm³/mol. The van der Waals surface area contributed by atoms with Crippen LogP contribution in [-0.2, 0) is 10.2 Å². The van der Waals surface area contributed by atoms with Crippen molar-refractivity contribution >= 4 is 17.7 Å². The second-order valence-electron chi connectivity index (χ2n) is 6.39. The van der Waals surface area contributed by atoms with Crippen LogP contribution in [0.15, 0.2) is 54.6 Å². The molecule has 0 radical (unpaired) electrons. The van der Waals surface area contributed by atoms with Crippen LogP contribution in [0.4, 0.5) is 5.69 Å². The van der Waals surface area contributed by atoms with Crippen LogP contribution in [0.3, 0.4) is 0 Å². The highest BCUT2D eigenvalue weighted by atomic mass is 16.5. The van der Waals surface area contributed by atoms with Gasteiger partial charge in [0.15, 0.2) is 0 Å². The zero-order chi connectivity index (χ0) is 16.9. The van der Waals surface area contributed by atoms with Crippen LogP contribution in [0.2, 0.25) is 0 Å². The van der Waals surface area contributed by atoms with Crippen molar-refractivity contribution in [1.29, 1.82) is 0 Å². The lowest BCUT2D eigenvalue weighted by Gasteiger charge is -2.18. The molecule has 3 heteroatoms. The first kappa shape index (κ1) is 16.8. The van der Waals surface area contributed by atoms with Crippen molar-refractivity contribution in [2.75, 3.05) is 12.4 Å². The van der Waals surface area contributed by atoms with Crippen LogP contribution < -0.4 is 10.1 Å². The standard InChI is InChI=1S/C20H23NO2/c1-20(2,3)16-12-9-15(10-13-16)11-14-19(22)21-17-7-5-6-8-18(17)23-4/h5-14H,1-4H3,(H,21,22). The first-order valence-corrected chi connectivity index (χ1v) is 7.63. The van der Waals surface area contributed by atoms with Gasteiger partial charge in [-0.25, -0.2) is 0 Å². The fraction of sp³-hybridized carbons (Fsp3) is 0.250. The lowest BCUT2D eigenvalue weighted by atomic mass is 9.87. The quantitative estimate of drug-likeness (QED) is 0.835. The van der Waals surface area contributed by atoms with Crippen molar-refractivity contribution in [2.24, 2.45) is 0 Å². The molecule has 0 bridgehead atoms. The molecule has 2 aromatic rings. The lowest BCUT2D eigenvalue weighted by molar-refractivity contribution is -0.111. The van der Waals surface area contributed by atoms with Gasteiger partial charge in [-0.1, -0.05) is 57.2 Å². The minimum absolute atomic E-state index is 0.128. The monoisotopic (exact) mass is 309 g/mol. The number of rotatable bonds is 4. The fourth-order valence-corrected chi connectivity index (χ4v) is 2.19. The highest BCUT2D eigenvalue weighted by Gasteiger charge is 2.12. The van der Waals surface area contributed by atoms with Crippen LogP contribution in [-0.4, -0.2) is 13.0 Å². The van der Waals surface area contributed by atoms with Crippen LogP contribution >= 0.6 is 0 Å². The van der Waals surface area contributed by atoms with E-state index in [0.717, 1.165) is 5.56 Å². The van der Waals surface area contributed by atoms with E-state index in [4.69, 9.17) is 4.74 Å². The molecule has 0 saturated carbocycles. The molecule has 2 aromatic carbocycles. The number of anilines is 1. The smallest absolute Gasteiger partial charge is 0.248 e. The zero-order valence-corrected chi connectivity index (χ0v) is 14.1. The molecular weight excluding hydrogens is 286 g/mol. The van der Waals surface area contributed by atoms with E-state index in [1.54, 1.807) is 13.2 Å². The Balaban J connectivity index is 2.04. The predicted octanol–water partition coefficient (Wildman–Crippen LogP) is 4.64. The number of ether oxygens (including phenoxy) is 1. The molecule has 0 aromatic heterocycles. The second-order valence-corrected chi connectivity index (χ2v) is 6.39. The van der Waals surface area contributed by atoms with E-state index < -0.39 is 0 Å². The number of hydrogen-bond donors (Lipinski definition) is 1. The van der Waals surface area contributed by atoms with E-state index in [-0.39, 0.29) is 11.3 Å². The summed E-state index contributed by atoms with van der Waals surface area (Å²) in [5.74, 6) is 0.457. The van der Waals surface area contributed by atoms with Crippen molar-refractivity contribution in [3.8, 4) is 5.75 Å². The van der Waals surface area contributed by atoms with E-state index >= 15 is 0 Å². The maximum Gasteiger partial charge on any atom is 0.248 e. The van der Waals surface area contributed by atoms with Crippen molar-refractivity contribution < 1.29 is 9.53 Å². The third kappa shape index (κ3) is 4.71. The number of hydrogen-bond acceptors (Lipinski definition) is 2. The molecule has 0 unspecified atom stereocenters. The SMILES string of the molecule is COc1ccccc1NC(=O)C=Cc1ccc(C(C)(C)C)cc1. The van der Waals surface area contributed by atoms with Gasteiger partial charge in [-0.3, -0.25) is 4.79 Å². The number of nitrogens with one attached hydrogen (secondary N) is 1. The normalized spacial score (nSPS) is 11.5. The molecular formula is C20H23NO2. The number of benzene rings is 2. The van der Waals surface area contributed by atoms with Crippen molar-refractivity contribution in [2.45, 2.75) is 26.2 Å². The summed E-state index contributed by atoms with van der Waals surface area (Å²) < 4.78 is 5.22. The average molecular weight is 309 g/mol. The van der Waals surface area contributed by atoms with Crippen molar-refractivity contribution in [1.82, 2.24) is 0 Å². The molecule has 3 nitrogen and oxygen atoms in total. The largest absolute Gasteiger partial charge is 0.495 e. The Kier molecular flexibility index (Phi) is 5.22. The Labute approximate surface area is 138 Å². The summed E-state index contributed by atoms with van der Waals surface area (Å²) in [6.45, 7) is 6.54. The third-order valence-corrected chi connectivity index (χ3v) is 3.57. The highest BCUT2D eigenvalue weighted by Crippen LogP contribution is 2.24. The molecule has 0 atom stereocenters. The minimum atomic E-state index is -0.186. The van der Waals surface area contributed by atoms with Crippen LogP contribution in [0.5, 0.6) is 5.75 Å². The molecule has 1 N–H and O–H groups in total. The van der Waals surface area contributed by atoms with E-state index in [9.17, 15) is 4.79 Å². The van der Waals surface area contributed by atoms with E-state index in [1.165, 1.54) is 11.6 Å². The Morgan fingerprint density at radius 2 is 1.70 bits per heavy atom. The van der Waals surface area contributed by atoms with Crippen molar-refractivity contribution in [3.05, 3.63) is 65.7 Å². The van der Waals surface area contributed by atoms with Gasteiger partial charge in [-0.05, 0) is 34.8 Å². The third-order valence-electron chi connectivity index (χ3n) is 3.57. The van der Waals surface area contributed by atoms with Gasteiger partial charge in [0, 0.05) is 6.08 Å². The molecule has 0 spiro atoms. The van der Waals surface area contributed by atoms with Gasteiger partial charge in [0.25, 0.3) is 0 Å². The Hall–Kier alpha value is -2.55. The molecule has 23 heavy (non-hydrogen) atoms. The van der Waals surface area contributed by atoms with Gasteiger partial charge in [0.1, 0.15) is 5.75 Å². The average Bonchev–Trinajstić information content (AvgIpc) is 2.53. The summed E-state index contributed by atoms with van der Waals surface area (Å²) in [5, 5.41) is 2.82. The van der Waals surface area contributed by atoms with Gasteiger partial charge in [0.05, 0.1) is 12.8 Å². The molecule has 120 valence electrons. The number of carbonyl (C=O) groups excluding carboxylic acids is 1. The minimum Gasteiger partial charge on any atom is -0.495 e. The number of carbonyl (C=O) groups is 1. The summed E-state index contributed by atoms with van der Waals surface area (Å²) in [6, 6.07) is 15.6. The molecule has 0 aliphatic rings. The number of amides is 1. The first-order valence-electron chi connectivity index (χ1n) is 7.63. The Morgan fingerprint density at radius 3 is 2.30 bits per heavy atom. The highest BCUT2D eigenvalue weighted by molar-refractivity contribution is 6.02. The van der Waals surface area contributed by atoms with Gasteiger partial charge in [-0.15, -0.1) is 0 Å². The number of methoxy groups -OCH3 is 1. The van der Waals surface area contributed by atoms with Crippen LogP contribution in [0.1, 0.15) is 31.9 Å². The molecule has 2 rings (SSSR count). The summed E-state index contributed by atoms with van der Waals surface area (Å²) in [4.78, 5) is 12.0. The van der Waals surface area contributed by atoms with Gasteiger partial charge < -0.3 is 10.1 Å². The van der Waals surface area contributed by atoms with Gasteiger partial charge in [0.2, 0.25) is 5.91 Å². The van der Waals surface area contributed by atoms with Crippen molar-refractivity contribution in [3.63, 3.8) is 0 Å². The lowest BCUT2D eigenvalue weighted by Crippen LogP contribution is -2.10. The van der Waals surface area contributed by atoms with E-state index in [2.05, 4.69) is 38.2 Å². The molecule has 0 saturated heterocycles. The fourth-order valence-electron chi connectivity index (χ4n) is 2.19. The van der Waals surface area contributed by atoms with Crippen LogP contribution in [0.25, 0.3) is 6.08 Å². The molecule has 0 aliphatic carbocycles. The topological polar surface area (TPSA) is 38.3 Å². The van der Waals surface area contributed by atoms with E-state index in [0.29, 0.717) is 11.4 Å². The first-order chi connectivity index (χ1) is 10.9. The Bertz CT molecular complexity index is 694. The molecule has 0 aliphatic heterocycles. The summed E-state index contributed by atoms with van der Waals surface area (Å²) in [7, 11) is 1.58. The summed E-state index contributed by atoms with van der Waals surface area (Å²) >= 11 is 0. The van der Waals surface area contributed by atoms with E-state index in [1.807, 2.05) is 36.4 Å². The molecule has 0 heterocycles. The Morgan fingerprint density at radius 1 is 1.04 bits per heavy atom. The summed E-state index contributed by atoms with van der Waals surface area (Å²) in [6.07, 6.45) is 3.33. The summed E-state index contributed by atoms with van der Waals surface area (Å²) in [5.41, 5.74) is 3.05. The van der Waals surface area contributed by atoms with Gasteiger partial charge >= 0.3 is 0 Å². The maximum absolute atomic E-state index is 12.0. The zero-order valence-electron chi connectivity index (χ0n) is 14.1. The molecule has 1 amide bonds. The molecule has 0 fully saturated rings. The second kappa shape index (κ2) is 7.14. The maximum atomic E-state index is 12.0. The number of para-hydroxylation sites is 2. The van der Waals surface area contributed by atoms with Gasteiger partial charge in [-0.2, -0.15) is 0 Å².